The van der Waals surface area contributed by atoms with Crippen LogP contribution in [-0.2, 0) is 9.53 Å². The van der Waals surface area contributed by atoms with E-state index in [1.165, 1.54) is 24.3 Å². The molecule has 9 nitrogen and oxygen atoms in total. The molecular formula is C21H23ClN2O7. The molecule has 0 aliphatic carbocycles. The first-order chi connectivity index (χ1) is 14.8. The number of nitrogens with one attached hydrogen (secondary N) is 1. The second kappa shape index (κ2) is 11.8. The highest BCUT2D eigenvalue weighted by Gasteiger charge is 2.16. The van der Waals surface area contributed by atoms with E-state index in [4.69, 9.17) is 25.8 Å². The molecule has 0 fully saturated rings. The lowest BCUT2D eigenvalue weighted by molar-refractivity contribution is -0.384. The van der Waals surface area contributed by atoms with Gasteiger partial charge in [0.15, 0.2) is 18.1 Å². The van der Waals surface area contributed by atoms with Crippen molar-refractivity contribution < 1.29 is 28.7 Å². The van der Waals surface area contributed by atoms with Crippen LogP contribution >= 0.6 is 11.6 Å². The van der Waals surface area contributed by atoms with Gasteiger partial charge in [-0.2, -0.15) is 0 Å². The van der Waals surface area contributed by atoms with E-state index < -0.39 is 23.4 Å². The standard InChI is InChI=1S/C21H23ClN2O7/c1-3-5-10-30-18-9-6-14(11-19(18)29-4-2)21(26)31-13-20(25)23-17-12-15(24(27)28)7-8-16(17)22/h6-9,11-12H,3-5,10,13H2,1-2H3,(H,23,25). The van der Waals surface area contributed by atoms with Crippen LogP contribution in [0, 0.1) is 10.1 Å². The van der Waals surface area contributed by atoms with Gasteiger partial charge in [0.1, 0.15) is 0 Å². The first kappa shape index (κ1) is 23.9. The summed E-state index contributed by atoms with van der Waals surface area (Å²) in [4.78, 5) is 34.7. The summed E-state index contributed by atoms with van der Waals surface area (Å²) < 4.78 is 16.2. The van der Waals surface area contributed by atoms with E-state index >= 15 is 0 Å². The minimum Gasteiger partial charge on any atom is -0.490 e. The molecule has 1 N–H and O–H groups in total. The van der Waals surface area contributed by atoms with E-state index in [2.05, 4.69) is 12.2 Å². The van der Waals surface area contributed by atoms with E-state index in [9.17, 15) is 19.7 Å². The third-order valence-corrected chi connectivity index (χ3v) is 4.33. The molecule has 0 saturated carbocycles. The molecule has 1 amide bonds. The number of benzene rings is 2. The van der Waals surface area contributed by atoms with Crippen molar-refractivity contribution in [1.29, 1.82) is 0 Å². The molecule has 0 heterocycles. The lowest BCUT2D eigenvalue weighted by atomic mass is 10.2. The van der Waals surface area contributed by atoms with E-state index in [1.807, 2.05) is 6.92 Å². The van der Waals surface area contributed by atoms with Crippen molar-refractivity contribution in [1.82, 2.24) is 0 Å². The number of nitro benzene ring substituents is 1. The van der Waals surface area contributed by atoms with Crippen LogP contribution in [0.5, 0.6) is 11.5 Å². The number of rotatable bonds is 11. The molecule has 0 spiro atoms. The molecule has 0 atom stereocenters. The predicted molar refractivity (Wildman–Crippen MR) is 115 cm³/mol. The van der Waals surface area contributed by atoms with Crippen molar-refractivity contribution in [3.8, 4) is 11.5 Å². The Bertz CT molecular complexity index is 949. The number of hydrogen-bond donors (Lipinski definition) is 1. The third kappa shape index (κ3) is 7.14. The summed E-state index contributed by atoms with van der Waals surface area (Å²) >= 11 is 5.94. The highest BCUT2D eigenvalue weighted by atomic mass is 35.5. The zero-order valence-corrected chi connectivity index (χ0v) is 17.9. The summed E-state index contributed by atoms with van der Waals surface area (Å²) in [5, 5.41) is 13.4. The summed E-state index contributed by atoms with van der Waals surface area (Å²) in [6.07, 6.45) is 1.87. The monoisotopic (exact) mass is 450 g/mol. The zero-order chi connectivity index (χ0) is 22.8. The number of unbranched alkanes of at least 4 members (excludes halogenated alkanes) is 1. The molecule has 10 heteroatoms. The predicted octanol–water partition coefficient (Wildman–Crippen LogP) is 4.62. The highest BCUT2D eigenvalue weighted by Crippen LogP contribution is 2.29. The van der Waals surface area contributed by atoms with E-state index in [0.717, 1.165) is 18.9 Å². The van der Waals surface area contributed by atoms with Gasteiger partial charge in [-0.15, -0.1) is 0 Å². The Labute approximate surface area is 184 Å². The van der Waals surface area contributed by atoms with Crippen LogP contribution in [0.4, 0.5) is 11.4 Å². The Balaban J connectivity index is 2.00. The molecule has 0 aliphatic rings. The fourth-order valence-corrected chi connectivity index (χ4v) is 2.64. The topological polar surface area (TPSA) is 117 Å². The van der Waals surface area contributed by atoms with Crippen LogP contribution in [0.3, 0.4) is 0 Å². The Kier molecular flexibility index (Phi) is 9.08. The number of hydrogen-bond acceptors (Lipinski definition) is 7. The minimum atomic E-state index is -0.735. The molecule has 166 valence electrons. The molecule has 0 radical (unpaired) electrons. The van der Waals surface area contributed by atoms with Gasteiger partial charge in [-0.05, 0) is 37.6 Å². The fraction of sp³-hybridized carbons (Fsp3) is 0.333. The third-order valence-electron chi connectivity index (χ3n) is 4.00. The molecule has 31 heavy (non-hydrogen) atoms. The zero-order valence-electron chi connectivity index (χ0n) is 17.2. The summed E-state index contributed by atoms with van der Waals surface area (Å²) in [7, 11) is 0. The second-order valence-electron chi connectivity index (χ2n) is 6.34. The number of nitro groups is 1. The largest absolute Gasteiger partial charge is 0.490 e. The van der Waals surface area contributed by atoms with Crippen molar-refractivity contribution >= 4 is 34.9 Å². The Hall–Kier alpha value is -3.33. The van der Waals surface area contributed by atoms with Crippen molar-refractivity contribution in [2.75, 3.05) is 25.1 Å². The van der Waals surface area contributed by atoms with Gasteiger partial charge in [0, 0.05) is 12.1 Å². The average Bonchev–Trinajstić information content (AvgIpc) is 2.74. The van der Waals surface area contributed by atoms with Crippen LogP contribution in [0.15, 0.2) is 36.4 Å². The maximum atomic E-state index is 12.3. The molecule has 0 aromatic heterocycles. The number of carbonyl (C=O) groups excluding carboxylic acids is 2. The van der Waals surface area contributed by atoms with Gasteiger partial charge < -0.3 is 19.5 Å². The molecule has 0 bridgehead atoms. The normalized spacial score (nSPS) is 10.3. The van der Waals surface area contributed by atoms with E-state index in [0.29, 0.717) is 24.7 Å². The molecule has 0 aliphatic heterocycles. The number of carbonyl (C=O) groups is 2. The second-order valence-corrected chi connectivity index (χ2v) is 6.75. The van der Waals surface area contributed by atoms with Crippen molar-refractivity contribution in [2.24, 2.45) is 0 Å². The lowest BCUT2D eigenvalue weighted by Crippen LogP contribution is -2.21. The highest BCUT2D eigenvalue weighted by molar-refractivity contribution is 6.33. The van der Waals surface area contributed by atoms with Gasteiger partial charge in [0.05, 0.1) is 34.4 Å². The average molecular weight is 451 g/mol. The number of non-ortho nitro benzene ring substituents is 1. The van der Waals surface area contributed by atoms with Crippen LogP contribution < -0.4 is 14.8 Å². The first-order valence-corrected chi connectivity index (χ1v) is 10.0. The van der Waals surface area contributed by atoms with Crippen molar-refractivity contribution in [3.05, 3.63) is 57.1 Å². The Morgan fingerprint density at radius 1 is 1.10 bits per heavy atom. The van der Waals surface area contributed by atoms with Gasteiger partial charge in [-0.3, -0.25) is 14.9 Å². The van der Waals surface area contributed by atoms with Crippen LogP contribution in [0.2, 0.25) is 5.02 Å². The van der Waals surface area contributed by atoms with Crippen molar-refractivity contribution in [3.63, 3.8) is 0 Å². The first-order valence-electron chi connectivity index (χ1n) is 9.66. The van der Waals surface area contributed by atoms with Crippen LogP contribution in [0.25, 0.3) is 0 Å². The van der Waals surface area contributed by atoms with E-state index in [-0.39, 0.29) is 22.0 Å². The maximum Gasteiger partial charge on any atom is 0.338 e. The number of ether oxygens (including phenoxy) is 3. The number of anilines is 1. The maximum absolute atomic E-state index is 12.3. The van der Waals surface area contributed by atoms with Crippen LogP contribution in [0.1, 0.15) is 37.0 Å². The Morgan fingerprint density at radius 2 is 1.87 bits per heavy atom. The summed E-state index contributed by atoms with van der Waals surface area (Å²) in [5.41, 5.74) is -0.00186. The van der Waals surface area contributed by atoms with Crippen molar-refractivity contribution in [2.45, 2.75) is 26.7 Å². The molecule has 0 saturated heterocycles. The molecule has 2 rings (SSSR count). The van der Waals surface area contributed by atoms with Gasteiger partial charge in [-0.1, -0.05) is 24.9 Å². The lowest BCUT2D eigenvalue weighted by Gasteiger charge is -2.13. The van der Waals surface area contributed by atoms with Gasteiger partial charge in [-0.25, -0.2) is 4.79 Å². The molecule has 0 unspecified atom stereocenters. The van der Waals surface area contributed by atoms with Crippen LogP contribution in [-0.4, -0.2) is 36.6 Å². The summed E-state index contributed by atoms with van der Waals surface area (Å²) in [5.74, 6) is -0.507. The number of halogens is 1. The minimum absolute atomic E-state index is 0.0455. The summed E-state index contributed by atoms with van der Waals surface area (Å²) in [6.45, 7) is 4.17. The molecule has 2 aromatic rings. The fourth-order valence-electron chi connectivity index (χ4n) is 2.47. The number of nitrogens with zero attached hydrogens (tertiary/aromatic N) is 1. The SMILES string of the molecule is CCCCOc1ccc(C(=O)OCC(=O)Nc2cc([N+](=O)[O-])ccc2Cl)cc1OCC. The Morgan fingerprint density at radius 3 is 2.55 bits per heavy atom. The quantitative estimate of drug-likeness (QED) is 0.229. The smallest absolute Gasteiger partial charge is 0.338 e. The van der Waals surface area contributed by atoms with E-state index in [1.54, 1.807) is 6.07 Å². The number of esters is 1. The number of amides is 1. The molecule has 2 aromatic carbocycles. The molecular weight excluding hydrogens is 428 g/mol. The van der Waals surface area contributed by atoms with Gasteiger partial charge >= 0.3 is 5.97 Å². The summed E-state index contributed by atoms with van der Waals surface area (Å²) in [6, 6.07) is 8.24. The van der Waals surface area contributed by atoms with Gasteiger partial charge in [0.25, 0.3) is 11.6 Å². The van der Waals surface area contributed by atoms with Gasteiger partial charge in [0.2, 0.25) is 0 Å².